The molecule has 240 valence electrons. The van der Waals surface area contributed by atoms with Crippen LogP contribution >= 0.6 is 11.6 Å². The van der Waals surface area contributed by atoms with Gasteiger partial charge in [-0.05, 0) is 71.0 Å². The third-order valence-corrected chi connectivity index (χ3v) is 7.12. The number of rotatable bonds is 8. The van der Waals surface area contributed by atoms with E-state index in [4.69, 9.17) is 25.8 Å². The summed E-state index contributed by atoms with van der Waals surface area (Å²) in [7, 11) is 0. The first-order chi connectivity index (χ1) is 21.0. The lowest BCUT2D eigenvalue weighted by Gasteiger charge is -2.46. The molecular formula is C33H36ClNO10. The largest absolute Gasteiger partial charge is 0.478 e. The molecule has 4 N–H and O–H groups in total. The third-order valence-electron chi connectivity index (χ3n) is 6.89. The molecule has 1 fully saturated rings. The number of ether oxygens (including phenoxy) is 3. The molecule has 1 aliphatic heterocycles. The number of hydrogen-bond donors (Lipinski definition) is 4. The van der Waals surface area contributed by atoms with Crippen LogP contribution in [-0.4, -0.2) is 69.6 Å². The standard InChI is InChI=1S/C20H18O8.C13H18ClNO2/c1-11-3-7-13(8-4-11)19(25)27-15(17(21)22)16(18(23)24)28-20(26)14-9-5-12(2)6-10-14;1-9-13(16,17-8-12(2,3)15-9)10-5-4-6-11(14)7-10/h3-10,15-16H,1-2H3,(H,21,22)(H,23,24);4-7,9,15-16H,8H2,1-3H3/t15-,16-;/m1./s1. The summed E-state index contributed by atoms with van der Waals surface area (Å²) in [6.07, 6.45) is -4.44. The topological polar surface area (TPSA) is 169 Å². The van der Waals surface area contributed by atoms with Crippen LogP contribution in [0.1, 0.15) is 58.2 Å². The maximum atomic E-state index is 12.2. The van der Waals surface area contributed by atoms with Crippen LogP contribution in [0.2, 0.25) is 5.02 Å². The molecule has 1 saturated heterocycles. The van der Waals surface area contributed by atoms with Gasteiger partial charge < -0.3 is 34.8 Å². The van der Waals surface area contributed by atoms with E-state index in [1.807, 2.05) is 32.9 Å². The smallest absolute Gasteiger partial charge is 0.349 e. The Labute approximate surface area is 265 Å². The van der Waals surface area contributed by atoms with Gasteiger partial charge in [0.15, 0.2) is 0 Å². The second-order valence-corrected chi connectivity index (χ2v) is 11.7. The summed E-state index contributed by atoms with van der Waals surface area (Å²) in [4.78, 5) is 47.3. The Morgan fingerprint density at radius 1 is 0.844 bits per heavy atom. The normalized spacial score (nSPS) is 20.0. The maximum Gasteiger partial charge on any atom is 0.349 e. The van der Waals surface area contributed by atoms with E-state index >= 15 is 0 Å². The van der Waals surface area contributed by atoms with Gasteiger partial charge in [0.2, 0.25) is 18.0 Å². The molecule has 2 unspecified atom stereocenters. The number of morpholine rings is 1. The van der Waals surface area contributed by atoms with Crippen molar-refractivity contribution in [3.63, 3.8) is 0 Å². The monoisotopic (exact) mass is 641 g/mol. The van der Waals surface area contributed by atoms with E-state index in [-0.39, 0.29) is 22.7 Å². The molecular weight excluding hydrogens is 606 g/mol. The lowest BCUT2D eigenvalue weighted by Crippen LogP contribution is -2.63. The molecule has 0 saturated carbocycles. The number of carbonyl (C=O) groups excluding carboxylic acids is 2. The van der Waals surface area contributed by atoms with Crippen LogP contribution < -0.4 is 5.32 Å². The second kappa shape index (κ2) is 14.7. The molecule has 0 amide bonds. The number of halogens is 1. The predicted octanol–water partition coefficient (Wildman–Crippen LogP) is 4.50. The number of esters is 2. The van der Waals surface area contributed by atoms with Gasteiger partial charge in [-0.2, -0.15) is 0 Å². The van der Waals surface area contributed by atoms with Gasteiger partial charge in [-0.3, -0.25) is 0 Å². The average Bonchev–Trinajstić information content (AvgIpc) is 2.97. The summed E-state index contributed by atoms with van der Waals surface area (Å²) < 4.78 is 15.3. The van der Waals surface area contributed by atoms with Crippen molar-refractivity contribution in [2.45, 2.75) is 64.2 Å². The summed E-state index contributed by atoms with van der Waals surface area (Å²) in [5.41, 5.74) is 2.34. The minimum Gasteiger partial charge on any atom is -0.478 e. The van der Waals surface area contributed by atoms with E-state index < -0.39 is 41.9 Å². The molecule has 0 bridgehead atoms. The number of carbonyl (C=O) groups is 4. The summed E-state index contributed by atoms with van der Waals surface area (Å²) >= 11 is 5.94. The number of aryl methyl sites for hydroxylation is 2. The molecule has 4 rings (SSSR count). The minimum atomic E-state index is -2.22. The van der Waals surface area contributed by atoms with Crippen molar-refractivity contribution in [3.8, 4) is 0 Å². The molecule has 0 aliphatic carbocycles. The van der Waals surface area contributed by atoms with Gasteiger partial charge in [-0.25, -0.2) is 19.2 Å². The third kappa shape index (κ3) is 9.35. The molecule has 12 heteroatoms. The van der Waals surface area contributed by atoms with E-state index in [1.165, 1.54) is 24.3 Å². The summed E-state index contributed by atoms with van der Waals surface area (Å²) in [6, 6.07) is 19.0. The number of carboxylic acids is 2. The van der Waals surface area contributed by atoms with Gasteiger partial charge in [0, 0.05) is 16.1 Å². The van der Waals surface area contributed by atoms with E-state index in [9.17, 15) is 34.5 Å². The zero-order chi connectivity index (χ0) is 33.5. The SMILES string of the molecule is CC1NC(C)(C)COC1(O)c1cccc(Cl)c1.Cc1ccc(C(=O)O[C@@H](C(=O)O)[C@@H](OC(=O)c2ccc(C)cc2)C(=O)O)cc1. The van der Waals surface area contributed by atoms with Crippen LogP contribution in [-0.2, 0) is 29.6 Å². The van der Waals surface area contributed by atoms with E-state index in [0.29, 0.717) is 17.2 Å². The first kappa shape index (κ1) is 35.2. The van der Waals surface area contributed by atoms with Gasteiger partial charge in [0.1, 0.15) is 0 Å². The maximum absolute atomic E-state index is 12.2. The number of benzene rings is 3. The summed E-state index contributed by atoms with van der Waals surface area (Å²) in [6.45, 7) is 10.0. The average molecular weight is 642 g/mol. The van der Waals surface area contributed by atoms with Crippen molar-refractivity contribution < 1.29 is 48.7 Å². The van der Waals surface area contributed by atoms with Gasteiger partial charge in [-0.15, -0.1) is 0 Å². The van der Waals surface area contributed by atoms with Gasteiger partial charge in [-0.1, -0.05) is 59.1 Å². The Morgan fingerprint density at radius 3 is 1.67 bits per heavy atom. The second-order valence-electron chi connectivity index (χ2n) is 11.3. The summed E-state index contributed by atoms with van der Waals surface area (Å²) in [5, 5.41) is 33.2. The molecule has 4 atom stereocenters. The number of aliphatic hydroxyl groups is 1. The minimum absolute atomic E-state index is 0.0332. The highest BCUT2D eigenvalue weighted by Crippen LogP contribution is 2.33. The predicted molar refractivity (Wildman–Crippen MR) is 164 cm³/mol. The van der Waals surface area contributed by atoms with Crippen molar-refractivity contribution >= 4 is 35.5 Å². The molecule has 3 aromatic carbocycles. The van der Waals surface area contributed by atoms with Crippen molar-refractivity contribution in [2.24, 2.45) is 0 Å². The highest BCUT2D eigenvalue weighted by Gasteiger charge is 2.45. The van der Waals surface area contributed by atoms with Crippen molar-refractivity contribution in [3.05, 3.63) is 106 Å². The Morgan fingerprint density at radius 2 is 1.29 bits per heavy atom. The first-order valence-electron chi connectivity index (χ1n) is 13.9. The van der Waals surface area contributed by atoms with E-state index in [1.54, 1.807) is 50.2 Å². The molecule has 1 aliphatic rings. The highest BCUT2D eigenvalue weighted by atomic mass is 35.5. The Balaban J connectivity index is 0.000000276. The van der Waals surface area contributed by atoms with Crippen LogP contribution in [0.4, 0.5) is 0 Å². The van der Waals surface area contributed by atoms with Crippen molar-refractivity contribution in [2.75, 3.05) is 6.61 Å². The quantitative estimate of drug-likeness (QED) is 0.256. The molecule has 1 heterocycles. The number of carboxylic acid groups (broad SMARTS) is 2. The van der Waals surface area contributed by atoms with Gasteiger partial charge in [0.25, 0.3) is 0 Å². The number of hydrogen-bond acceptors (Lipinski definition) is 9. The molecule has 0 spiro atoms. The van der Waals surface area contributed by atoms with Crippen molar-refractivity contribution in [1.82, 2.24) is 5.32 Å². The lowest BCUT2D eigenvalue weighted by atomic mass is 9.93. The number of nitrogens with one attached hydrogen (secondary N) is 1. The van der Waals surface area contributed by atoms with Crippen LogP contribution in [0.25, 0.3) is 0 Å². The Bertz CT molecular complexity index is 1450. The fourth-order valence-electron chi connectivity index (χ4n) is 4.42. The Kier molecular flexibility index (Phi) is 11.5. The van der Waals surface area contributed by atoms with Crippen LogP contribution in [0, 0.1) is 13.8 Å². The van der Waals surface area contributed by atoms with Gasteiger partial charge >= 0.3 is 23.9 Å². The van der Waals surface area contributed by atoms with E-state index in [0.717, 1.165) is 11.1 Å². The zero-order valence-corrected chi connectivity index (χ0v) is 26.2. The first-order valence-corrected chi connectivity index (χ1v) is 14.3. The summed E-state index contributed by atoms with van der Waals surface area (Å²) in [5.74, 6) is -6.94. The molecule has 11 nitrogen and oxygen atoms in total. The zero-order valence-electron chi connectivity index (χ0n) is 25.4. The Hall–Kier alpha value is -4.29. The van der Waals surface area contributed by atoms with Gasteiger partial charge in [0.05, 0.1) is 23.8 Å². The molecule has 0 radical (unpaired) electrons. The lowest BCUT2D eigenvalue weighted by molar-refractivity contribution is -0.263. The van der Waals surface area contributed by atoms with Crippen LogP contribution in [0.3, 0.4) is 0 Å². The van der Waals surface area contributed by atoms with Crippen LogP contribution in [0.15, 0.2) is 72.8 Å². The molecule has 3 aromatic rings. The van der Waals surface area contributed by atoms with E-state index in [2.05, 4.69) is 5.32 Å². The fraction of sp³-hybridized carbons (Fsp3) is 0.333. The fourth-order valence-corrected chi connectivity index (χ4v) is 4.61. The van der Waals surface area contributed by atoms with Crippen LogP contribution in [0.5, 0.6) is 0 Å². The molecule has 0 aromatic heterocycles. The highest BCUT2D eigenvalue weighted by molar-refractivity contribution is 6.30. The number of aliphatic carboxylic acids is 2. The van der Waals surface area contributed by atoms with Crippen molar-refractivity contribution in [1.29, 1.82) is 0 Å². The molecule has 45 heavy (non-hydrogen) atoms.